The summed E-state index contributed by atoms with van der Waals surface area (Å²) >= 11 is 2.22. The number of fused-ring (bicyclic) bond motifs is 2. The number of dihydropyridines is 1. The molecule has 1 atom stereocenters. The number of carbonyl (C=O) groups is 2. The standard InChI is InChI=1S/C24H22INO4/c1-4-29-18-11-10-14(12-17(18)25)20-19(24(28)30-5-2)13(3)26-22-15-8-6-7-9-16(15)23(27)21(20)22/h6-12,20,26H,4-5H2,1-3H3/t20-/m1/s1. The highest BCUT2D eigenvalue weighted by Crippen LogP contribution is 2.47. The van der Waals surface area contributed by atoms with Crippen LogP contribution in [0.2, 0.25) is 0 Å². The Morgan fingerprint density at radius 3 is 2.50 bits per heavy atom. The summed E-state index contributed by atoms with van der Waals surface area (Å²) in [5.41, 5.74) is 4.91. The number of allylic oxidation sites excluding steroid dienone is 2. The molecule has 2 aromatic carbocycles. The molecule has 0 unspecified atom stereocenters. The number of carbonyl (C=O) groups excluding carboxylic acids is 2. The maximum Gasteiger partial charge on any atom is 0.336 e. The van der Waals surface area contributed by atoms with E-state index in [-0.39, 0.29) is 12.4 Å². The van der Waals surface area contributed by atoms with E-state index in [4.69, 9.17) is 9.47 Å². The molecule has 30 heavy (non-hydrogen) atoms. The number of ether oxygens (including phenoxy) is 2. The Morgan fingerprint density at radius 2 is 1.83 bits per heavy atom. The minimum absolute atomic E-state index is 0.0590. The van der Waals surface area contributed by atoms with Crippen LogP contribution in [0.5, 0.6) is 5.75 Å². The van der Waals surface area contributed by atoms with E-state index < -0.39 is 11.9 Å². The van der Waals surface area contributed by atoms with Crippen LogP contribution in [0.15, 0.2) is 59.3 Å². The molecule has 0 fully saturated rings. The molecule has 0 radical (unpaired) electrons. The van der Waals surface area contributed by atoms with Crippen LogP contribution in [0.25, 0.3) is 5.70 Å². The minimum Gasteiger partial charge on any atom is -0.493 e. The van der Waals surface area contributed by atoms with Crippen LogP contribution in [-0.4, -0.2) is 25.0 Å². The highest BCUT2D eigenvalue weighted by atomic mass is 127. The summed E-state index contributed by atoms with van der Waals surface area (Å²) in [4.78, 5) is 26.3. The summed E-state index contributed by atoms with van der Waals surface area (Å²) in [6, 6.07) is 13.3. The first kappa shape index (κ1) is 20.7. The molecule has 0 saturated carbocycles. The molecule has 1 aliphatic heterocycles. The Morgan fingerprint density at radius 1 is 1.10 bits per heavy atom. The number of esters is 1. The summed E-state index contributed by atoms with van der Waals surface area (Å²) < 4.78 is 12.0. The van der Waals surface area contributed by atoms with E-state index in [1.54, 1.807) is 6.92 Å². The molecule has 4 rings (SSSR count). The Bertz CT molecular complexity index is 1120. The van der Waals surface area contributed by atoms with E-state index in [2.05, 4.69) is 27.9 Å². The maximum atomic E-state index is 13.4. The van der Waals surface area contributed by atoms with Crippen molar-refractivity contribution in [1.29, 1.82) is 0 Å². The van der Waals surface area contributed by atoms with Crippen molar-refractivity contribution < 1.29 is 19.1 Å². The van der Waals surface area contributed by atoms with Gasteiger partial charge in [-0.05, 0) is 61.1 Å². The van der Waals surface area contributed by atoms with Gasteiger partial charge in [0.25, 0.3) is 0 Å². The zero-order valence-electron chi connectivity index (χ0n) is 17.0. The van der Waals surface area contributed by atoms with E-state index in [0.717, 1.165) is 26.1 Å². The smallest absolute Gasteiger partial charge is 0.336 e. The summed E-state index contributed by atoms with van der Waals surface area (Å²) in [6.07, 6.45) is 0. The monoisotopic (exact) mass is 515 g/mol. The van der Waals surface area contributed by atoms with Crippen molar-refractivity contribution in [3.63, 3.8) is 0 Å². The number of hydrogen-bond donors (Lipinski definition) is 1. The van der Waals surface area contributed by atoms with E-state index in [1.165, 1.54) is 0 Å². The van der Waals surface area contributed by atoms with Crippen molar-refractivity contribution in [2.75, 3.05) is 13.2 Å². The largest absolute Gasteiger partial charge is 0.493 e. The van der Waals surface area contributed by atoms with E-state index in [1.807, 2.05) is 56.3 Å². The molecule has 0 aromatic heterocycles. The second-order valence-corrected chi connectivity index (χ2v) is 8.27. The fourth-order valence-electron chi connectivity index (χ4n) is 4.11. The van der Waals surface area contributed by atoms with Gasteiger partial charge in [0.05, 0.1) is 28.1 Å². The summed E-state index contributed by atoms with van der Waals surface area (Å²) in [5, 5.41) is 3.31. The number of hydrogen-bond acceptors (Lipinski definition) is 5. The second-order valence-electron chi connectivity index (χ2n) is 7.10. The molecular weight excluding hydrogens is 493 g/mol. The van der Waals surface area contributed by atoms with Crippen molar-refractivity contribution in [2.45, 2.75) is 26.7 Å². The molecule has 0 bridgehead atoms. The van der Waals surface area contributed by atoms with Crippen molar-refractivity contribution in [2.24, 2.45) is 0 Å². The predicted octanol–water partition coefficient (Wildman–Crippen LogP) is 4.82. The lowest BCUT2D eigenvalue weighted by Crippen LogP contribution is -2.29. The number of halogens is 1. The van der Waals surface area contributed by atoms with Gasteiger partial charge in [0, 0.05) is 28.3 Å². The van der Waals surface area contributed by atoms with Crippen molar-refractivity contribution in [3.8, 4) is 5.75 Å². The Kier molecular flexibility index (Phi) is 5.69. The third-order valence-electron chi connectivity index (χ3n) is 5.33. The van der Waals surface area contributed by atoms with Crippen LogP contribution in [-0.2, 0) is 9.53 Å². The molecule has 0 saturated heterocycles. The van der Waals surface area contributed by atoms with Gasteiger partial charge in [0.15, 0.2) is 5.78 Å². The lowest BCUT2D eigenvalue weighted by atomic mass is 9.80. The quantitative estimate of drug-likeness (QED) is 0.457. The van der Waals surface area contributed by atoms with Gasteiger partial charge in [-0.25, -0.2) is 4.79 Å². The normalized spacial score (nSPS) is 17.5. The van der Waals surface area contributed by atoms with E-state index >= 15 is 0 Å². The number of nitrogens with one attached hydrogen (secondary N) is 1. The molecule has 1 heterocycles. The van der Waals surface area contributed by atoms with Gasteiger partial charge in [-0.15, -0.1) is 0 Å². The average molecular weight is 515 g/mol. The van der Waals surface area contributed by atoms with Gasteiger partial charge in [0.1, 0.15) is 5.75 Å². The van der Waals surface area contributed by atoms with E-state index in [9.17, 15) is 9.59 Å². The topological polar surface area (TPSA) is 64.6 Å². The van der Waals surface area contributed by atoms with E-state index in [0.29, 0.717) is 29.0 Å². The van der Waals surface area contributed by atoms with Gasteiger partial charge >= 0.3 is 5.97 Å². The fraction of sp³-hybridized carbons (Fsp3) is 0.250. The van der Waals surface area contributed by atoms with Crippen molar-refractivity contribution in [3.05, 3.63) is 79.6 Å². The molecule has 0 amide bonds. The molecule has 1 aliphatic carbocycles. The maximum absolute atomic E-state index is 13.4. The van der Waals surface area contributed by atoms with Crippen molar-refractivity contribution >= 4 is 40.0 Å². The fourth-order valence-corrected chi connectivity index (χ4v) is 4.81. The minimum atomic E-state index is -0.510. The summed E-state index contributed by atoms with van der Waals surface area (Å²) in [5.74, 6) is -0.197. The summed E-state index contributed by atoms with van der Waals surface area (Å²) in [6.45, 7) is 6.41. The number of ketones is 1. The lowest BCUT2D eigenvalue weighted by Gasteiger charge is -2.29. The van der Waals surface area contributed by atoms with Gasteiger partial charge < -0.3 is 14.8 Å². The summed E-state index contributed by atoms with van der Waals surface area (Å²) in [7, 11) is 0. The van der Waals surface area contributed by atoms with Crippen molar-refractivity contribution in [1.82, 2.24) is 5.32 Å². The lowest BCUT2D eigenvalue weighted by molar-refractivity contribution is -0.138. The number of Topliss-reactive ketones (excluding diaryl/α,β-unsaturated/α-hetero) is 1. The van der Waals surface area contributed by atoms with Gasteiger partial charge in [0.2, 0.25) is 0 Å². The Balaban J connectivity index is 1.90. The Labute approximate surface area is 189 Å². The van der Waals surface area contributed by atoms with Gasteiger partial charge in [-0.2, -0.15) is 0 Å². The van der Waals surface area contributed by atoms with Crippen LogP contribution in [0.4, 0.5) is 0 Å². The highest BCUT2D eigenvalue weighted by Gasteiger charge is 2.42. The molecule has 5 nitrogen and oxygen atoms in total. The zero-order valence-corrected chi connectivity index (χ0v) is 19.2. The third-order valence-corrected chi connectivity index (χ3v) is 6.18. The highest BCUT2D eigenvalue weighted by molar-refractivity contribution is 14.1. The van der Waals surface area contributed by atoms with Crippen LogP contribution >= 0.6 is 22.6 Å². The molecule has 2 aliphatic rings. The molecule has 1 N–H and O–H groups in total. The van der Waals surface area contributed by atoms with Crippen LogP contribution < -0.4 is 10.1 Å². The average Bonchev–Trinajstić information content (AvgIpc) is 3.01. The molecule has 154 valence electrons. The third kappa shape index (κ3) is 3.33. The predicted molar refractivity (Wildman–Crippen MR) is 123 cm³/mol. The first-order valence-electron chi connectivity index (χ1n) is 9.93. The van der Waals surface area contributed by atoms with Crippen LogP contribution in [0.1, 0.15) is 48.2 Å². The second kappa shape index (κ2) is 8.26. The molecule has 2 aromatic rings. The number of benzene rings is 2. The molecule has 0 spiro atoms. The Hall–Kier alpha value is -2.61. The number of rotatable bonds is 5. The van der Waals surface area contributed by atoms with Crippen LogP contribution in [0.3, 0.4) is 0 Å². The first-order chi connectivity index (χ1) is 14.5. The van der Waals surface area contributed by atoms with Gasteiger partial charge in [-0.3, -0.25) is 4.79 Å². The molecule has 6 heteroatoms. The SMILES string of the molecule is CCOC(=O)C1=C(C)NC2=C(C(=O)c3ccccc32)[C@@H]1c1ccc(OCC)c(I)c1. The zero-order chi connectivity index (χ0) is 21.4. The molecular formula is C24H22INO4. The van der Waals surface area contributed by atoms with Gasteiger partial charge in [-0.1, -0.05) is 30.3 Å². The van der Waals surface area contributed by atoms with Crippen LogP contribution in [0, 0.1) is 3.57 Å². The first-order valence-corrected chi connectivity index (χ1v) is 11.0.